The number of nitrogens with one attached hydrogen (secondary N) is 1. The molecule has 1 unspecified atom stereocenters. The zero-order valence-electron chi connectivity index (χ0n) is 16.9. The van der Waals surface area contributed by atoms with Crippen LogP contribution in [0.3, 0.4) is 0 Å². The molecule has 1 aliphatic rings. The number of amides is 1. The molecule has 0 aromatic heterocycles. The first-order chi connectivity index (χ1) is 13.3. The van der Waals surface area contributed by atoms with Crippen molar-refractivity contribution in [2.75, 3.05) is 13.2 Å². The van der Waals surface area contributed by atoms with Crippen molar-refractivity contribution in [1.82, 2.24) is 5.32 Å². The molecule has 3 rings (SSSR count). The molecule has 1 aliphatic carbocycles. The smallest absolute Gasteiger partial charge is 0.407 e. The van der Waals surface area contributed by atoms with Crippen molar-refractivity contribution in [3.8, 4) is 11.1 Å². The summed E-state index contributed by atoms with van der Waals surface area (Å²) in [6.07, 6.45) is -0.893. The van der Waals surface area contributed by atoms with Gasteiger partial charge in [-0.15, -0.1) is 0 Å². The lowest BCUT2D eigenvalue weighted by Crippen LogP contribution is -2.48. The molecule has 0 aliphatic heterocycles. The van der Waals surface area contributed by atoms with Gasteiger partial charge in [-0.2, -0.15) is 0 Å². The van der Waals surface area contributed by atoms with Crippen molar-refractivity contribution in [2.24, 2.45) is 0 Å². The molecular weight excluding hydrogens is 354 g/mol. The van der Waals surface area contributed by atoms with Crippen molar-refractivity contribution in [1.29, 1.82) is 0 Å². The first-order valence-electron chi connectivity index (χ1n) is 9.70. The van der Waals surface area contributed by atoms with Crippen LogP contribution in [0.4, 0.5) is 4.79 Å². The van der Waals surface area contributed by atoms with Crippen LogP contribution in [0.15, 0.2) is 48.5 Å². The second-order valence-electron chi connectivity index (χ2n) is 8.19. The predicted octanol–water partition coefficient (Wildman–Crippen LogP) is 4.09. The zero-order chi connectivity index (χ0) is 20.3. The third-order valence-corrected chi connectivity index (χ3v) is 4.95. The largest absolute Gasteiger partial charge is 0.449 e. The monoisotopic (exact) mass is 383 g/mol. The lowest BCUT2D eigenvalue weighted by molar-refractivity contribution is -0.0721. The van der Waals surface area contributed by atoms with Crippen LogP contribution >= 0.6 is 0 Å². The summed E-state index contributed by atoms with van der Waals surface area (Å²) < 4.78 is 11.4. The van der Waals surface area contributed by atoms with E-state index in [4.69, 9.17) is 9.47 Å². The van der Waals surface area contributed by atoms with Crippen LogP contribution < -0.4 is 5.32 Å². The maximum Gasteiger partial charge on any atom is 0.407 e. The summed E-state index contributed by atoms with van der Waals surface area (Å²) in [5, 5.41) is 12.4. The van der Waals surface area contributed by atoms with Crippen LogP contribution in [0.2, 0.25) is 0 Å². The van der Waals surface area contributed by atoms with Gasteiger partial charge in [-0.05, 0) is 49.9 Å². The molecule has 5 nitrogen and oxygen atoms in total. The minimum atomic E-state index is -0.551. The Bertz CT molecular complexity index is 782. The van der Waals surface area contributed by atoms with Gasteiger partial charge in [0.05, 0.1) is 24.4 Å². The molecule has 2 aromatic carbocycles. The number of carbonyl (C=O) groups excluding carboxylic acids is 1. The number of carbonyl (C=O) groups is 1. The van der Waals surface area contributed by atoms with Gasteiger partial charge in [-0.1, -0.05) is 48.5 Å². The molecular formula is C23H29NO4. The highest BCUT2D eigenvalue weighted by Crippen LogP contribution is 2.44. The van der Waals surface area contributed by atoms with Crippen molar-refractivity contribution in [3.05, 3.63) is 59.7 Å². The molecule has 0 saturated heterocycles. The number of ether oxygens (including phenoxy) is 2. The van der Waals surface area contributed by atoms with Crippen LogP contribution in [0, 0.1) is 0 Å². The molecule has 28 heavy (non-hydrogen) atoms. The highest BCUT2D eigenvalue weighted by molar-refractivity contribution is 5.79. The summed E-state index contributed by atoms with van der Waals surface area (Å²) in [5.74, 6) is 0.00831. The van der Waals surface area contributed by atoms with Gasteiger partial charge in [0.2, 0.25) is 0 Å². The van der Waals surface area contributed by atoms with E-state index in [1.807, 2.05) is 52.0 Å². The molecule has 2 aromatic rings. The third-order valence-electron chi connectivity index (χ3n) is 4.95. The minimum absolute atomic E-state index is 0.00831. The van der Waals surface area contributed by atoms with Crippen LogP contribution in [-0.2, 0) is 9.47 Å². The maximum atomic E-state index is 12.4. The van der Waals surface area contributed by atoms with E-state index >= 15 is 0 Å². The van der Waals surface area contributed by atoms with E-state index in [0.29, 0.717) is 0 Å². The molecule has 150 valence electrons. The van der Waals surface area contributed by atoms with Crippen LogP contribution in [0.25, 0.3) is 11.1 Å². The number of aliphatic hydroxyl groups is 1. The Kier molecular flexibility index (Phi) is 6.06. The summed E-state index contributed by atoms with van der Waals surface area (Å²) in [6.45, 7) is 7.66. The van der Waals surface area contributed by atoms with E-state index in [-0.39, 0.29) is 30.8 Å². The number of hydrogen-bond acceptors (Lipinski definition) is 4. The fourth-order valence-electron chi connectivity index (χ4n) is 3.74. The van der Waals surface area contributed by atoms with Gasteiger partial charge >= 0.3 is 6.09 Å². The number of benzene rings is 2. The Morgan fingerprint density at radius 1 is 1.07 bits per heavy atom. The Labute approximate surface area is 166 Å². The molecule has 0 spiro atoms. The van der Waals surface area contributed by atoms with Gasteiger partial charge in [0.25, 0.3) is 0 Å². The molecule has 0 fully saturated rings. The number of aliphatic hydroxyl groups excluding tert-OH is 1. The van der Waals surface area contributed by atoms with E-state index in [9.17, 15) is 9.90 Å². The normalized spacial score (nSPS) is 15.5. The number of alkyl carbamates (subject to hydrolysis) is 1. The fourth-order valence-corrected chi connectivity index (χ4v) is 3.74. The molecule has 0 heterocycles. The van der Waals surface area contributed by atoms with Crippen molar-refractivity contribution >= 4 is 6.09 Å². The Hall–Kier alpha value is -2.37. The summed E-state index contributed by atoms with van der Waals surface area (Å²) in [7, 11) is 0. The molecule has 2 N–H and O–H groups in total. The topological polar surface area (TPSA) is 67.8 Å². The minimum Gasteiger partial charge on any atom is -0.449 e. The first kappa shape index (κ1) is 20.4. The number of rotatable bonds is 6. The van der Waals surface area contributed by atoms with Crippen molar-refractivity contribution < 1.29 is 19.4 Å². The lowest BCUT2D eigenvalue weighted by atomic mass is 9.98. The second-order valence-corrected chi connectivity index (χ2v) is 8.19. The summed E-state index contributed by atoms with van der Waals surface area (Å²) in [5.41, 5.74) is 4.34. The average molecular weight is 383 g/mol. The summed E-state index contributed by atoms with van der Waals surface area (Å²) in [4.78, 5) is 12.4. The third kappa shape index (κ3) is 4.54. The highest BCUT2D eigenvalue weighted by atomic mass is 16.6. The Morgan fingerprint density at radius 2 is 1.61 bits per heavy atom. The maximum absolute atomic E-state index is 12.4. The van der Waals surface area contributed by atoms with Crippen LogP contribution in [-0.4, -0.2) is 42.2 Å². The van der Waals surface area contributed by atoms with Gasteiger partial charge in [0, 0.05) is 5.92 Å². The van der Waals surface area contributed by atoms with E-state index in [1.54, 1.807) is 0 Å². The quantitative estimate of drug-likeness (QED) is 0.788. The predicted molar refractivity (Wildman–Crippen MR) is 109 cm³/mol. The second kappa shape index (κ2) is 8.33. The van der Waals surface area contributed by atoms with Gasteiger partial charge in [0.15, 0.2) is 0 Å². The molecule has 5 heteroatoms. The van der Waals surface area contributed by atoms with Gasteiger partial charge in [-0.25, -0.2) is 4.79 Å². The summed E-state index contributed by atoms with van der Waals surface area (Å²) in [6, 6.07) is 15.9. The fraction of sp³-hybridized carbons (Fsp3) is 0.435. The average Bonchev–Trinajstić information content (AvgIpc) is 2.97. The van der Waals surface area contributed by atoms with Gasteiger partial charge in [-0.3, -0.25) is 0 Å². The molecule has 0 saturated carbocycles. The highest BCUT2D eigenvalue weighted by Gasteiger charge is 2.30. The number of fused-ring (bicyclic) bond motifs is 3. The first-order valence-corrected chi connectivity index (χ1v) is 9.70. The van der Waals surface area contributed by atoms with Crippen molar-refractivity contribution in [2.45, 2.75) is 51.4 Å². The van der Waals surface area contributed by atoms with E-state index in [1.165, 1.54) is 22.3 Å². The molecule has 0 radical (unpaired) electrons. The van der Waals surface area contributed by atoms with Crippen LogP contribution in [0.1, 0.15) is 44.7 Å². The SMILES string of the molecule is CC(OC(C)(C)C)[C@@H](CO)NC(=O)OCC1c2ccccc2-c2ccccc21. The van der Waals surface area contributed by atoms with E-state index < -0.39 is 12.1 Å². The molecule has 2 atom stereocenters. The zero-order valence-corrected chi connectivity index (χ0v) is 16.9. The Balaban J connectivity index is 1.65. The van der Waals surface area contributed by atoms with Gasteiger partial charge < -0.3 is 19.9 Å². The van der Waals surface area contributed by atoms with E-state index in [2.05, 4.69) is 29.6 Å². The van der Waals surface area contributed by atoms with E-state index in [0.717, 1.165) is 0 Å². The standard InChI is InChI=1S/C23H29NO4/c1-15(28-23(2,3)4)21(13-25)24-22(26)27-14-20-18-11-7-5-9-16(18)17-10-6-8-12-19(17)20/h5-12,15,20-21,25H,13-14H2,1-4H3,(H,24,26)/t15?,21-/m1/s1. The summed E-state index contributed by atoms with van der Waals surface area (Å²) >= 11 is 0. The molecule has 0 bridgehead atoms. The van der Waals surface area contributed by atoms with Crippen LogP contribution in [0.5, 0.6) is 0 Å². The molecule has 1 amide bonds. The van der Waals surface area contributed by atoms with Crippen molar-refractivity contribution in [3.63, 3.8) is 0 Å². The number of hydrogen-bond donors (Lipinski definition) is 2. The van der Waals surface area contributed by atoms with Gasteiger partial charge in [0.1, 0.15) is 6.61 Å². The Morgan fingerprint density at radius 3 is 2.11 bits per heavy atom. The lowest BCUT2D eigenvalue weighted by Gasteiger charge is -2.30.